The number of carboxylic acids is 1. The van der Waals surface area contributed by atoms with E-state index in [1.54, 1.807) is 11.6 Å². The van der Waals surface area contributed by atoms with Gasteiger partial charge in [0.25, 0.3) is 5.91 Å². The number of thiophene rings is 2. The highest BCUT2D eigenvalue weighted by molar-refractivity contribution is 7.28. The van der Waals surface area contributed by atoms with Crippen LogP contribution in [0.4, 0.5) is 0 Å². The molecule has 0 saturated heterocycles. The lowest BCUT2D eigenvalue weighted by Crippen LogP contribution is -2.23. The van der Waals surface area contributed by atoms with Crippen LogP contribution in [-0.2, 0) is 6.54 Å². The Hall–Kier alpha value is -1.77. The molecule has 2 N–H and O–H groups in total. The number of aromatic carboxylic acids is 1. The Morgan fingerprint density at radius 2 is 2.05 bits per heavy atom. The van der Waals surface area contributed by atoms with Crippen LogP contribution in [0.5, 0.6) is 0 Å². The topological polar surface area (TPSA) is 79.3 Å². The fourth-order valence-corrected chi connectivity index (χ4v) is 4.63. The van der Waals surface area contributed by atoms with E-state index in [1.807, 2.05) is 13.0 Å². The standard InChI is InChI=1S/C13H10N2O3S3/c1-6-11(15-5-19-6)12(16)14-4-7-2-8-9(20-7)3-10(21-8)13(17)18/h2-3,5H,4H2,1H3,(H,14,16)(H,17,18). The molecule has 0 aliphatic rings. The molecule has 0 aliphatic carbocycles. The Labute approximate surface area is 131 Å². The van der Waals surface area contributed by atoms with Gasteiger partial charge in [0.05, 0.1) is 12.1 Å². The Balaban J connectivity index is 1.71. The lowest BCUT2D eigenvalue weighted by molar-refractivity contribution is 0.0702. The van der Waals surface area contributed by atoms with Crippen molar-refractivity contribution in [2.45, 2.75) is 13.5 Å². The van der Waals surface area contributed by atoms with Crippen molar-refractivity contribution >= 4 is 55.3 Å². The van der Waals surface area contributed by atoms with Crippen LogP contribution in [0.1, 0.15) is 29.9 Å². The molecule has 3 heterocycles. The fraction of sp³-hybridized carbons (Fsp3) is 0.154. The molecule has 8 heteroatoms. The molecule has 0 atom stereocenters. The number of carbonyl (C=O) groups excluding carboxylic acids is 1. The van der Waals surface area contributed by atoms with Crippen molar-refractivity contribution in [1.29, 1.82) is 0 Å². The number of hydrogen-bond donors (Lipinski definition) is 2. The molecule has 0 saturated carbocycles. The summed E-state index contributed by atoms with van der Waals surface area (Å²) < 4.78 is 1.87. The van der Waals surface area contributed by atoms with Gasteiger partial charge < -0.3 is 10.4 Å². The first-order valence-corrected chi connectivity index (χ1v) is 8.49. The number of rotatable bonds is 4. The van der Waals surface area contributed by atoms with Gasteiger partial charge in [-0.05, 0) is 19.1 Å². The van der Waals surface area contributed by atoms with Crippen LogP contribution in [0.15, 0.2) is 17.6 Å². The van der Waals surface area contributed by atoms with Gasteiger partial charge in [-0.3, -0.25) is 4.79 Å². The van der Waals surface area contributed by atoms with Gasteiger partial charge >= 0.3 is 5.97 Å². The molecule has 0 radical (unpaired) electrons. The van der Waals surface area contributed by atoms with Crippen LogP contribution in [-0.4, -0.2) is 22.0 Å². The second-order valence-corrected chi connectivity index (χ2v) is 7.61. The summed E-state index contributed by atoms with van der Waals surface area (Å²) in [6, 6.07) is 3.59. The molecule has 108 valence electrons. The Kier molecular flexibility index (Phi) is 3.75. The number of hydrogen-bond acceptors (Lipinski definition) is 6. The van der Waals surface area contributed by atoms with Crippen molar-refractivity contribution in [3.8, 4) is 0 Å². The lowest BCUT2D eigenvalue weighted by Gasteiger charge is -2.01. The van der Waals surface area contributed by atoms with Crippen LogP contribution >= 0.6 is 34.0 Å². The van der Waals surface area contributed by atoms with Crippen molar-refractivity contribution < 1.29 is 14.7 Å². The van der Waals surface area contributed by atoms with E-state index in [9.17, 15) is 9.59 Å². The van der Waals surface area contributed by atoms with Crippen LogP contribution < -0.4 is 5.32 Å². The Morgan fingerprint density at radius 3 is 2.67 bits per heavy atom. The van der Waals surface area contributed by atoms with Gasteiger partial charge in [0.15, 0.2) is 0 Å². The zero-order chi connectivity index (χ0) is 15.0. The van der Waals surface area contributed by atoms with E-state index >= 15 is 0 Å². The van der Waals surface area contributed by atoms with E-state index < -0.39 is 5.97 Å². The molecule has 3 aromatic rings. The highest BCUT2D eigenvalue weighted by Crippen LogP contribution is 2.33. The summed E-state index contributed by atoms with van der Waals surface area (Å²) in [6.07, 6.45) is 0. The smallest absolute Gasteiger partial charge is 0.345 e. The molecular formula is C13H10N2O3S3. The highest BCUT2D eigenvalue weighted by Gasteiger charge is 2.14. The maximum atomic E-state index is 12.0. The summed E-state index contributed by atoms with van der Waals surface area (Å²) in [5, 5.41) is 11.8. The van der Waals surface area contributed by atoms with Gasteiger partial charge in [-0.2, -0.15) is 0 Å². The van der Waals surface area contributed by atoms with E-state index in [1.165, 1.54) is 34.0 Å². The zero-order valence-corrected chi connectivity index (χ0v) is 13.3. The van der Waals surface area contributed by atoms with Crippen LogP contribution in [0, 0.1) is 6.92 Å². The highest BCUT2D eigenvalue weighted by atomic mass is 32.1. The molecule has 3 aromatic heterocycles. The molecule has 0 aliphatic heterocycles. The predicted octanol–water partition coefficient (Wildman–Crippen LogP) is 3.36. The summed E-state index contributed by atoms with van der Waals surface area (Å²) in [5.41, 5.74) is 2.12. The number of amides is 1. The van der Waals surface area contributed by atoms with Crippen LogP contribution in [0.2, 0.25) is 0 Å². The number of nitrogens with one attached hydrogen (secondary N) is 1. The molecular weight excluding hydrogens is 328 g/mol. The van der Waals surface area contributed by atoms with Gasteiger partial charge in [-0.25, -0.2) is 9.78 Å². The maximum Gasteiger partial charge on any atom is 0.345 e. The largest absolute Gasteiger partial charge is 0.477 e. The lowest BCUT2D eigenvalue weighted by atomic mass is 10.3. The van der Waals surface area contributed by atoms with Crippen LogP contribution in [0.3, 0.4) is 0 Å². The second kappa shape index (κ2) is 5.55. The van der Waals surface area contributed by atoms with Crippen LogP contribution in [0.25, 0.3) is 9.40 Å². The van der Waals surface area contributed by atoms with Gasteiger partial charge in [0.1, 0.15) is 10.6 Å². The summed E-state index contributed by atoms with van der Waals surface area (Å²) in [7, 11) is 0. The number of carboxylic acid groups (broad SMARTS) is 1. The van der Waals surface area contributed by atoms with Crippen molar-refractivity contribution in [2.24, 2.45) is 0 Å². The van der Waals surface area contributed by atoms with E-state index in [-0.39, 0.29) is 5.91 Å². The fourth-order valence-electron chi connectivity index (χ4n) is 1.85. The molecule has 0 spiro atoms. The molecule has 0 fully saturated rings. The van der Waals surface area contributed by atoms with Crippen molar-refractivity contribution in [1.82, 2.24) is 10.3 Å². The number of nitrogens with zero attached hydrogens (tertiary/aromatic N) is 1. The van der Waals surface area contributed by atoms with Gasteiger partial charge in [-0.1, -0.05) is 0 Å². The predicted molar refractivity (Wildman–Crippen MR) is 84.7 cm³/mol. The van der Waals surface area contributed by atoms with E-state index in [0.29, 0.717) is 17.1 Å². The minimum Gasteiger partial charge on any atom is -0.477 e. The monoisotopic (exact) mass is 338 g/mol. The zero-order valence-electron chi connectivity index (χ0n) is 10.9. The number of aromatic nitrogens is 1. The van der Waals surface area contributed by atoms with Gasteiger partial charge in [0.2, 0.25) is 0 Å². The van der Waals surface area contributed by atoms with Crippen molar-refractivity contribution in [3.05, 3.63) is 38.0 Å². The molecule has 0 aromatic carbocycles. The third-order valence-corrected chi connectivity index (χ3v) is 5.89. The third kappa shape index (κ3) is 2.82. The molecule has 0 bridgehead atoms. The molecule has 1 amide bonds. The number of aryl methyl sites for hydroxylation is 1. The minimum absolute atomic E-state index is 0.184. The third-order valence-electron chi connectivity index (χ3n) is 2.85. The van der Waals surface area contributed by atoms with Crippen molar-refractivity contribution in [2.75, 3.05) is 0 Å². The van der Waals surface area contributed by atoms with E-state index in [0.717, 1.165) is 19.2 Å². The van der Waals surface area contributed by atoms with E-state index in [4.69, 9.17) is 5.11 Å². The summed E-state index contributed by atoms with van der Waals surface area (Å²) >= 11 is 4.18. The Bertz CT molecular complexity index is 799. The summed E-state index contributed by atoms with van der Waals surface area (Å²) in [5.74, 6) is -1.09. The first kappa shape index (κ1) is 14.2. The molecule has 0 unspecified atom stereocenters. The average molecular weight is 338 g/mol. The molecule has 5 nitrogen and oxygen atoms in total. The van der Waals surface area contributed by atoms with Gasteiger partial charge in [0, 0.05) is 19.2 Å². The normalized spacial score (nSPS) is 10.9. The average Bonchev–Trinajstić information content (AvgIpc) is 3.09. The first-order chi connectivity index (χ1) is 10.0. The summed E-state index contributed by atoms with van der Waals surface area (Å²) in [6.45, 7) is 2.28. The van der Waals surface area contributed by atoms with Crippen molar-refractivity contribution in [3.63, 3.8) is 0 Å². The Morgan fingerprint density at radius 1 is 1.29 bits per heavy atom. The summed E-state index contributed by atoms with van der Waals surface area (Å²) in [4.78, 5) is 29.1. The first-order valence-electron chi connectivity index (χ1n) is 5.98. The number of thiazole rings is 1. The second-order valence-electron chi connectivity index (χ2n) is 4.30. The minimum atomic E-state index is -0.905. The maximum absolute atomic E-state index is 12.0. The van der Waals surface area contributed by atoms with E-state index in [2.05, 4.69) is 10.3 Å². The van der Waals surface area contributed by atoms with Gasteiger partial charge in [-0.15, -0.1) is 34.0 Å². The number of carbonyl (C=O) groups is 2. The molecule has 3 rings (SSSR count). The quantitative estimate of drug-likeness (QED) is 0.764. The SMILES string of the molecule is Cc1scnc1C(=O)NCc1cc2sc(C(=O)O)cc2s1. The number of fused-ring (bicyclic) bond motifs is 1. The molecule has 21 heavy (non-hydrogen) atoms.